The van der Waals surface area contributed by atoms with Gasteiger partial charge < -0.3 is 10.0 Å². The fraction of sp³-hybridized carbons (Fsp3) is 0.250. The number of rotatable bonds is 4. The first-order valence-electron chi connectivity index (χ1n) is 8.74. The number of piperazine rings is 1. The van der Waals surface area contributed by atoms with Crippen molar-refractivity contribution in [2.24, 2.45) is 0 Å². The van der Waals surface area contributed by atoms with Crippen LogP contribution < -0.4 is 4.90 Å². The van der Waals surface area contributed by atoms with E-state index in [9.17, 15) is 9.50 Å². The Morgan fingerprint density at radius 1 is 0.962 bits per heavy atom. The SMILES string of the molecule is Oc1ccccc1N1CCN(Cc2cc(F)ccc2-n2cccn2)CC1. The molecule has 0 amide bonds. The zero-order valence-corrected chi connectivity index (χ0v) is 14.4. The van der Waals surface area contributed by atoms with Crippen LogP contribution in [0.25, 0.3) is 5.69 Å². The molecule has 0 spiro atoms. The van der Waals surface area contributed by atoms with E-state index in [1.54, 1.807) is 29.1 Å². The van der Waals surface area contributed by atoms with Gasteiger partial charge in [0.25, 0.3) is 0 Å². The van der Waals surface area contributed by atoms with Gasteiger partial charge in [-0.1, -0.05) is 12.1 Å². The van der Waals surface area contributed by atoms with E-state index >= 15 is 0 Å². The molecule has 2 heterocycles. The molecule has 6 heteroatoms. The molecule has 1 fully saturated rings. The monoisotopic (exact) mass is 352 g/mol. The maximum Gasteiger partial charge on any atom is 0.138 e. The normalized spacial score (nSPS) is 15.3. The molecular formula is C20H21FN4O. The lowest BCUT2D eigenvalue weighted by molar-refractivity contribution is 0.248. The maximum atomic E-state index is 13.8. The van der Waals surface area contributed by atoms with Crippen LogP contribution in [0.5, 0.6) is 5.75 Å². The Labute approximate surface area is 151 Å². The predicted octanol–water partition coefficient (Wildman–Crippen LogP) is 3.04. The van der Waals surface area contributed by atoms with Crippen molar-refractivity contribution in [2.45, 2.75) is 6.54 Å². The summed E-state index contributed by atoms with van der Waals surface area (Å²) >= 11 is 0. The lowest BCUT2D eigenvalue weighted by atomic mass is 10.1. The summed E-state index contributed by atoms with van der Waals surface area (Å²) in [5, 5.41) is 14.3. The van der Waals surface area contributed by atoms with Crippen LogP contribution in [0.2, 0.25) is 0 Å². The van der Waals surface area contributed by atoms with E-state index in [0.29, 0.717) is 12.3 Å². The zero-order valence-electron chi connectivity index (χ0n) is 14.4. The second kappa shape index (κ2) is 7.17. The number of hydrogen-bond acceptors (Lipinski definition) is 4. The van der Waals surface area contributed by atoms with E-state index in [1.165, 1.54) is 6.07 Å². The van der Waals surface area contributed by atoms with Gasteiger partial charge in [-0.2, -0.15) is 5.10 Å². The van der Waals surface area contributed by atoms with Crippen LogP contribution in [0, 0.1) is 5.82 Å². The smallest absolute Gasteiger partial charge is 0.138 e. The van der Waals surface area contributed by atoms with Crippen LogP contribution in [0.15, 0.2) is 60.9 Å². The molecule has 0 aliphatic carbocycles. The number of nitrogens with zero attached hydrogens (tertiary/aromatic N) is 4. The Bertz CT molecular complexity index is 873. The average Bonchev–Trinajstić information content (AvgIpc) is 3.18. The Morgan fingerprint density at radius 3 is 2.50 bits per heavy atom. The summed E-state index contributed by atoms with van der Waals surface area (Å²) in [6.45, 7) is 4.02. The van der Waals surface area contributed by atoms with E-state index in [2.05, 4.69) is 14.9 Å². The van der Waals surface area contributed by atoms with Crippen LogP contribution in [-0.4, -0.2) is 46.0 Å². The van der Waals surface area contributed by atoms with E-state index in [-0.39, 0.29) is 5.82 Å². The third kappa shape index (κ3) is 3.41. The highest BCUT2D eigenvalue weighted by Gasteiger charge is 2.20. The van der Waals surface area contributed by atoms with Crippen LogP contribution in [-0.2, 0) is 6.54 Å². The van der Waals surface area contributed by atoms with Gasteiger partial charge in [-0.3, -0.25) is 4.90 Å². The van der Waals surface area contributed by atoms with Crippen LogP contribution in [0.3, 0.4) is 0 Å². The molecule has 0 atom stereocenters. The van der Waals surface area contributed by atoms with Crippen LogP contribution in [0.1, 0.15) is 5.56 Å². The molecule has 1 aromatic heterocycles. The second-order valence-electron chi connectivity index (χ2n) is 6.48. The Hall–Kier alpha value is -2.86. The van der Waals surface area contributed by atoms with Crippen molar-refractivity contribution in [3.63, 3.8) is 0 Å². The summed E-state index contributed by atoms with van der Waals surface area (Å²) in [6, 6.07) is 14.1. The lowest BCUT2D eigenvalue weighted by Gasteiger charge is -2.36. The molecule has 1 saturated heterocycles. The molecule has 5 nitrogen and oxygen atoms in total. The summed E-state index contributed by atoms with van der Waals surface area (Å²) in [7, 11) is 0. The molecule has 0 radical (unpaired) electrons. The third-order valence-corrected chi connectivity index (χ3v) is 4.78. The molecule has 1 N–H and O–H groups in total. The molecule has 0 bridgehead atoms. The Kier molecular flexibility index (Phi) is 4.58. The molecule has 26 heavy (non-hydrogen) atoms. The largest absolute Gasteiger partial charge is 0.506 e. The van der Waals surface area contributed by atoms with Crippen LogP contribution in [0.4, 0.5) is 10.1 Å². The minimum absolute atomic E-state index is 0.233. The second-order valence-corrected chi connectivity index (χ2v) is 6.48. The highest BCUT2D eigenvalue weighted by molar-refractivity contribution is 5.57. The van der Waals surface area contributed by atoms with Gasteiger partial charge in [0, 0.05) is 45.1 Å². The van der Waals surface area contributed by atoms with E-state index < -0.39 is 0 Å². The fourth-order valence-electron chi connectivity index (χ4n) is 3.43. The van der Waals surface area contributed by atoms with E-state index in [1.807, 2.05) is 30.5 Å². The summed E-state index contributed by atoms with van der Waals surface area (Å²) in [4.78, 5) is 4.49. The van der Waals surface area contributed by atoms with Crippen molar-refractivity contribution >= 4 is 5.69 Å². The number of hydrogen-bond donors (Lipinski definition) is 1. The van der Waals surface area contributed by atoms with Gasteiger partial charge >= 0.3 is 0 Å². The molecule has 1 aliphatic heterocycles. The fourth-order valence-corrected chi connectivity index (χ4v) is 3.43. The quantitative estimate of drug-likeness (QED) is 0.784. The van der Waals surface area contributed by atoms with Crippen molar-refractivity contribution in [1.29, 1.82) is 0 Å². The van der Waals surface area contributed by atoms with Crippen molar-refractivity contribution in [3.8, 4) is 11.4 Å². The highest BCUT2D eigenvalue weighted by Crippen LogP contribution is 2.27. The Morgan fingerprint density at radius 2 is 1.77 bits per heavy atom. The predicted molar refractivity (Wildman–Crippen MR) is 99.1 cm³/mol. The number of anilines is 1. The lowest BCUT2D eigenvalue weighted by Crippen LogP contribution is -2.46. The summed E-state index contributed by atoms with van der Waals surface area (Å²) in [6.07, 6.45) is 3.59. The van der Waals surface area contributed by atoms with Crippen molar-refractivity contribution < 1.29 is 9.50 Å². The van der Waals surface area contributed by atoms with E-state index in [0.717, 1.165) is 43.1 Å². The number of phenols is 1. The van der Waals surface area contributed by atoms with Crippen molar-refractivity contribution in [3.05, 3.63) is 72.3 Å². The van der Waals surface area contributed by atoms with Gasteiger partial charge in [-0.05, 0) is 42.0 Å². The first-order chi connectivity index (χ1) is 12.7. The topological polar surface area (TPSA) is 44.5 Å². The average molecular weight is 352 g/mol. The number of aromatic nitrogens is 2. The number of aromatic hydroxyl groups is 1. The summed E-state index contributed by atoms with van der Waals surface area (Å²) in [5.74, 6) is 0.0794. The summed E-state index contributed by atoms with van der Waals surface area (Å²) in [5.41, 5.74) is 2.69. The number of benzene rings is 2. The molecule has 2 aromatic carbocycles. The van der Waals surface area contributed by atoms with E-state index in [4.69, 9.17) is 0 Å². The van der Waals surface area contributed by atoms with Gasteiger partial charge in [-0.25, -0.2) is 9.07 Å². The van der Waals surface area contributed by atoms with Gasteiger partial charge in [0.1, 0.15) is 11.6 Å². The standard InChI is InChI=1S/C20H21FN4O/c21-17-6-7-18(25-9-3-8-22-25)16(14-17)15-23-10-12-24(13-11-23)19-4-1-2-5-20(19)26/h1-9,14,26H,10-13,15H2. The minimum atomic E-state index is -0.233. The van der Waals surface area contributed by atoms with Crippen LogP contribution >= 0.6 is 0 Å². The van der Waals surface area contributed by atoms with Gasteiger partial charge in [0.15, 0.2) is 0 Å². The Balaban J connectivity index is 1.47. The number of para-hydroxylation sites is 2. The molecular weight excluding hydrogens is 331 g/mol. The molecule has 4 rings (SSSR count). The first kappa shape index (κ1) is 16.6. The van der Waals surface area contributed by atoms with Crippen molar-refractivity contribution in [1.82, 2.24) is 14.7 Å². The zero-order chi connectivity index (χ0) is 17.9. The van der Waals surface area contributed by atoms with Gasteiger partial charge in [0.05, 0.1) is 11.4 Å². The van der Waals surface area contributed by atoms with Gasteiger partial charge in [-0.15, -0.1) is 0 Å². The van der Waals surface area contributed by atoms with Gasteiger partial charge in [0.2, 0.25) is 0 Å². The molecule has 1 aliphatic rings. The molecule has 0 unspecified atom stereocenters. The first-order valence-corrected chi connectivity index (χ1v) is 8.74. The molecule has 134 valence electrons. The number of halogens is 1. The third-order valence-electron chi connectivity index (χ3n) is 4.78. The summed E-state index contributed by atoms with van der Waals surface area (Å²) < 4.78 is 15.6. The van der Waals surface area contributed by atoms with Crippen molar-refractivity contribution in [2.75, 3.05) is 31.1 Å². The molecule has 3 aromatic rings. The maximum absolute atomic E-state index is 13.8. The highest BCUT2D eigenvalue weighted by atomic mass is 19.1. The number of phenolic OH excluding ortho intramolecular Hbond substituents is 1. The minimum Gasteiger partial charge on any atom is -0.506 e. The molecule has 0 saturated carbocycles.